The van der Waals surface area contributed by atoms with Crippen molar-refractivity contribution >= 4 is 5.91 Å². The van der Waals surface area contributed by atoms with E-state index in [1.54, 1.807) is 4.68 Å². The highest BCUT2D eigenvalue weighted by atomic mass is 16.5. The Morgan fingerprint density at radius 1 is 1.48 bits per heavy atom. The average Bonchev–Trinajstić information content (AvgIpc) is 3.25. The summed E-state index contributed by atoms with van der Waals surface area (Å²) in [5.41, 5.74) is 2.29. The lowest BCUT2D eigenvalue weighted by atomic mass is 10.3. The number of rotatable bonds is 5. The summed E-state index contributed by atoms with van der Waals surface area (Å²) in [5.74, 6) is -0.0224. The topological polar surface area (TPSA) is 78.1 Å². The molecule has 0 bridgehead atoms. The minimum absolute atomic E-state index is 0.0224. The molecule has 0 radical (unpaired) electrons. The number of aryl methyl sites for hydroxylation is 2. The number of hydrogen-bond acceptors (Lipinski definition) is 5. The van der Waals surface area contributed by atoms with Crippen LogP contribution in [0.5, 0.6) is 0 Å². The molecule has 1 aliphatic rings. The molecule has 0 N–H and O–H groups in total. The third kappa shape index (κ3) is 3.26. The first-order valence-corrected chi connectivity index (χ1v) is 7.87. The lowest BCUT2D eigenvalue weighted by Gasteiger charge is -2.15. The molecule has 1 atom stereocenters. The van der Waals surface area contributed by atoms with Crippen molar-refractivity contribution in [2.24, 2.45) is 7.05 Å². The number of likely N-dealkylation sites (tertiary alicyclic amines) is 1. The van der Waals surface area contributed by atoms with Gasteiger partial charge in [0, 0.05) is 32.4 Å². The molecule has 1 unspecified atom stereocenters. The zero-order chi connectivity index (χ0) is 16.4. The first-order valence-electron chi connectivity index (χ1n) is 7.87. The van der Waals surface area contributed by atoms with E-state index in [-0.39, 0.29) is 11.9 Å². The van der Waals surface area contributed by atoms with Gasteiger partial charge in [0.1, 0.15) is 5.69 Å². The van der Waals surface area contributed by atoms with Crippen LogP contribution in [0.4, 0.5) is 0 Å². The summed E-state index contributed by atoms with van der Waals surface area (Å²) >= 11 is 0. The number of ether oxygens (including phenoxy) is 1. The molecule has 8 nitrogen and oxygen atoms in total. The van der Waals surface area contributed by atoms with Gasteiger partial charge in [-0.05, 0) is 26.3 Å². The van der Waals surface area contributed by atoms with Gasteiger partial charge < -0.3 is 9.64 Å². The van der Waals surface area contributed by atoms with Crippen LogP contribution in [0.15, 0.2) is 12.3 Å². The molecular formula is C15H22N6O2. The summed E-state index contributed by atoms with van der Waals surface area (Å²) in [5, 5.41) is 12.5. The number of carbonyl (C=O) groups is 1. The second-order valence-corrected chi connectivity index (χ2v) is 5.82. The molecule has 0 aromatic carbocycles. The number of nitrogens with zero attached hydrogens (tertiary/aromatic N) is 6. The van der Waals surface area contributed by atoms with Crippen LogP contribution in [0, 0.1) is 6.92 Å². The van der Waals surface area contributed by atoms with Gasteiger partial charge in [0.05, 0.1) is 18.8 Å². The van der Waals surface area contributed by atoms with E-state index in [4.69, 9.17) is 4.74 Å². The second kappa shape index (κ2) is 6.49. The van der Waals surface area contributed by atoms with E-state index in [1.165, 1.54) is 0 Å². The van der Waals surface area contributed by atoms with Crippen molar-refractivity contribution in [2.75, 3.05) is 19.7 Å². The summed E-state index contributed by atoms with van der Waals surface area (Å²) in [6, 6.07) is 1.98. The van der Waals surface area contributed by atoms with Gasteiger partial charge in [0.15, 0.2) is 5.69 Å². The Labute approximate surface area is 135 Å². The SMILES string of the molecule is CCOCc1cn(C2CCN(C(=O)c3cc(C)n(C)n3)C2)nn1. The number of carbonyl (C=O) groups excluding carboxylic acids is 1. The van der Waals surface area contributed by atoms with Gasteiger partial charge >= 0.3 is 0 Å². The predicted molar refractivity (Wildman–Crippen MR) is 82.9 cm³/mol. The van der Waals surface area contributed by atoms with Gasteiger partial charge in [-0.25, -0.2) is 4.68 Å². The molecule has 3 heterocycles. The minimum atomic E-state index is -0.0224. The number of hydrogen-bond donors (Lipinski definition) is 0. The van der Waals surface area contributed by atoms with Crippen LogP contribution >= 0.6 is 0 Å². The smallest absolute Gasteiger partial charge is 0.274 e. The van der Waals surface area contributed by atoms with Gasteiger partial charge in [-0.1, -0.05) is 5.21 Å². The molecule has 0 spiro atoms. The summed E-state index contributed by atoms with van der Waals surface area (Å²) in [4.78, 5) is 14.4. The Morgan fingerprint density at radius 2 is 2.30 bits per heavy atom. The first-order chi connectivity index (χ1) is 11.1. The molecule has 8 heteroatoms. The van der Waals surface area contributed by atoms with E-state index < -0.39 is 0 Å². The van der Waals surface area contributed by atoms with E-state index in [0.29, 0.717) is 32.0 Å². The second-order valence-electron chi connectivity index (χ2n) is 5.82. The molecule has 1 aliphatic heterocycles. The Kier molecular flexibility index (Phi) is 4.42. The van der Waals surface area contributed by atoms with Gasteiger partial charge in [-0.3, -0.25) is 9.48 Å². The van der Waals surface area contributed by atoms with Crippen LogP contribution < -0.4 is 0 Å². The molecule has 124 valence electrons. The van der Waals surface area contributed by atoms with Crippen molar-refractivity contribution < 1.29 is 9.53 Å². The van der Waals surface area contributed by atoms with E-state index in [1.807, 2.05) is 42.7 Å². The zero-order valence-corrected chi connectivity index (χ0v) is 13.8. The van der Waals surface area contributed by atoms with Gasteiger partial charge in [-0.2, -0.15) is 5.10 Å². The third-order valence-electron chi connectivity index (χ3n) is 4.17. The molecule has 1 saturated heterocycles. The average molecular weight is 318 g/mol. The van der Waals surface area contributed by atoms with Gasteiger partial charge in [0.2, 0.25) is 0 Å². The molecule has 1 fully saturated rings. The Morgan fingerprint density at radius 3 is 3.00 bits per heavy atom. The number of aromatic nitrogens is 5. The molecule has 2 aromatic heterocycles. The minimum Gasteiger partial charge on any atom is -0.375 e. The molecule has 23 heavy (non-hydrogen) atoms. The number of amides is 1. The standard InChI is InChI=1S/C15H22N6O2/c1-4-23-10-12-8-21(18-16-12)13-5-6-20(9-13)15(22)14-7-11(2)19(3)17-14/h7-8,13H,4-6,9-10H2,1-3H3. The van der Waals surface area contributed by atoms with Gasteiger partial charge in [-0.15, -0.1) is 5.10 Å². The van der Waals surface area contributed by atoms with E-state index in [0.717, 1.165) is 17.8 Å². The molecule has 1 amide bonds. The lowest BCUT2D eigenvalue weighted by molar-refractivity contribution is 0.0780. The van der Waals surface area contributed by atoms with Crippen LogP contribution in [0.25, 0.3) is 0 Å². The maximum atomic E-state index is 12.5. The van der Waals surface area contributed by atoms with Crippen molar-refractivity contribution in [3.05, 3.63) is 29.3 Å². The van der Waals surface area contributed by atoms with Crippen LogP contribution in [0.3, 0.4) is 0 Å². The van der Waals surface area contributed by atoms with Crippen LogP contribution in [0.2, 0.25) is 0 Å². The Balaban J connectivity index is 1.63. The van der Waals surface area contributed by atoms with Crippen LogP contribution in [0.1, 0.15) is 41.3 Å². The first kappa shape index (κ1) is 15.7. The van der Waals surface area contributed by atoms with E-state index >= 15 is 0 Å². The zero-order valence-electron chi connectivity index (χ0n) is 13.8. The van der Waals surface area contributed by atoms with Crippen molar-refractivity contribution in [1.82, 2.24) is 29.7 Å². The summed E-state index contributed by atoms with van der Waals surface area (Å²) in [7, 11) is 1.84. The van der Waals surface area contributed by atoms with E-state index in [9.17, 15) is 4.79 Å². The largest absolute Gasteiger partial charge is 0.375 e. The third-order valence-corrected chi connectivity index (χ3v) is 4.17. The normalized spacial score (nSPS) is 17.9. The fraction of sp³-hybridized carbons (Fsp3) is 0.600. The van der Waals surface area contributed by atoms with Crippen LogP contribution in [-0.4, -0.2) is 55.3 Å². The highest BCUT2D eigenvalue weighted by Crippen LogP contribution is 2.22. The summed E-state index contributed by atoms with van der Waals surface area (Å²) < 4.78 is 8.89. The highest BCUT2D eigenvalue weighted by molar-refractivity contribution is 5.92. The Bertz CT molecular complexity index is 672. The molecule has 2 aromatic rings. The fourth-order valence-corrected chi connectivity index (χ4v) is 2.73. The molecular weight excluding hydrogens is 296 g/mol. The highest BCUT2D eigenvalue weighted by Gasteiger charge is 2.30. The fourth-order valence-electron chi connectivity index (χ4n) is 2.73. The predicted octanol–water partition coefficient (Wildman–Crippen LogP) is 0.944. The van der Waals surface area contributed by atoms with Gasteiger partial charge in [0.25, 0.3) is 5.91 Å². The van der Waals surface area contributed by atoms with Crippen molar-refractivity contribution in [1.29, 1.82) is 0 Å². The van der Waals surface area contributed by atoms with Crippen molar-refractivity contribution in [2.45, 2.75) is 32.9 Å². The summed E-state index contributed by atoms with van der Waals surface area (Å²) in [6.07, 6.45) is 2.77. The maximum Gasteiger partial charge on any atom is 0.274 e. The monoisotopic (exact) mass is 318 g/mol. The van der Waals surface area contributed by atoms with Crippen molar-refractivity contribution in [3.63, 3.8) is 0 Å². The maximum absolute atomic E-state index is 12.5. The molecule has 3 rings (SSSR count). The quantitative estimate of drug-likeness (QED) is 0.820. The summed E-state index contributed by atoms with van der Waals surface area (Å²) in [6.45, 7) is 6.35. The molecule has 0 saturated carbocycles. The van der Waals surface area contributed by atoms with E-state index in [2.05, 4.69) is 15.4 Å². The lowest BCUT2D eigenvalue weighted by Crippen LogP contribution is -2.29. The molecule has 0 aliphatic carbocycles. The Hall–Kier alpha value is -2.22. The van der Waals surface area contributed by atoms with Crippen LogP contribution in [-0.2, 0) is 18.4 Å². The van der Waals surface area contributed by atoms with Crippen molar-refractivity contribution in [3.8, 4) is 0 Å².